The van der Waals surface area contributed by atoms with Crippen LogP contribution in [0, 0.1) is 6.08 Å². The summed E-state index contributed by atoms with van der Waals surface area (Å²) in [5.74, 6) is 0.149. The van der Waals surface area contributed by atoms with Crippen LogP contribution in [0.15, 0.2) is 6.08 Å². The van der Waals surface area contributed by atoms with Crippen molar-refractivity contribution in [3.05, 3.63) is 12.2 Å². The molecule has 0 aromatic carbocycles. The number of hydrogen-bond acceptors (Lipinski definition) is 1. The van der Waals surface area contributed by atoms with Crippen molar-refractivity contribution in [3.8, 4) is 0 Å². The van der Waals surface area contributed by atoms with Crippen molar-refractivity contribution in [2.75, 3.05) is 13.1 Å². The lowest BCUT2D eigenvalue weighted by Crippen LogP contribution is -2.31. The number of carbonyl (C=O) groups is 1. The van der Waals surface area contributed by atoms with Crippen LogP contribution in [0.5, 0.6) is 0 Å². The molecule has 0 fully saturated rings. The predicted octanol–water partition coefficient (Wildman–Crippen LogP) is 0.598. The first kappa shape index (κ1) is 6.24. The smallest absolute Gasteiger partial charge is 0.241 e. The molecule has 0 aromatic heterocycles. The van der Waals surface area contributed by atoms with Gasteiger partial charge >= 0.3 is 0 Å². The maximum Gasteiger partial charge on any atom is 0.241 e. The zero-order valence-electron chi connectivity index (χ0n) is 5.55. The number of nitrogens with zero attached hydrogens (tertiary/aromatic N) is 1. The zero-order valence-corrected chi connectivity index (χ0v) is 5.55. The Morgan fingerprint density at radius 2 is 2.56 bits per heavy atom. The molecule has 0 saturated heterocycles. The molecule has 0 atom stereocenters. The molecule has 0 unspecified atom stereocenters. The topological polar surface area (TPSA) is 20.3 Å². The fourth-order valence-corrected chi connectivity index (χ4v) is 0.845. The van der Waals surface area contributed by atoms with Crippen LogP contribution in [0.1, 0.15) is 13.3 Å². The number of amides is 1. The summed E-state index contributed by atoms with van der Waals surface area (Å²) < 4.78 is 0. The fraction of sp³-hybridized carbons (Fsp3) is 0.571. The second-order valence-corrected chi connectivity index (χ2v) is 2.14. The Hall–Kier alpha value is -0.880. The minimum atomic E-state index is 0.149. The number of hydrogen-bond donors (Lipinski definition) is 0. The van der Waals surface area contributed by atoms with Gasteiger partial charge in [-0.3, -0.25) is 9.69 Å². The maximum atomic E-state index is 10.7. The van der Waals surface area contributed by atoms with Crippen LogP contribution in [0.2, 0.25) is 0 Å². The van der Waals surface area contributed by atoms with Crippen molar-refractivity contribution in [1.29, 1.82) is 0 Å². The average Bonchev–Trinajstić information content (AvgIpc) is 1.90. The van der Waals surface area contributed by atoms with Gasteiger partial charge in [-0.15, -0.1) is 0 Å². The third kappa shape index (κ3) is 1.51. The molecule has 1 amide bonds. The standard InChI is InChI=1S/C7H10NO/c1-7(9)8-5-3-2-4-6-8/h2H,3,5-6H2,1H3/q+1. The van der Waals surface area contributed by atoms with Crippen molar-refractivity contribution in [2.24, 2.45) is 0 Å². The summed E-state index contributed by atoms with van der Waals surface area (Å²) in [6.07, 6.45) is 5.94. The molecule has 1 rings (SSSR count). The molecule has 1 aliphatic rings. The molecule has 9 heavy (non-hydrogen) atoms. The molecular formula is C7H10NO+. The highest BCUT2D eigenvalue weighted by molar-refractivity contribution is 5.73. The van der Waals surface area contributed by atoms with Crippen LogP contribution in [-0.2, 0) is 4.79 Å². The summed E-state index contributed by atoms with van der Waals surface area (Å²) in [7, 11) is 0. The molecule has 2 heteroatoms. The van der Waals surface area contributed by atoms with Crippen LogP contribution >= 0.6 is 0 Å². The normalized spacial score (nSPS) is 17.2. The van der Waals surface area contributed by atoms with Gasteiger partial charge in [0.15, 0.2) is 6.08 Å². The largest absolute Gasteiger partial charge is 0.295 e. The van der Waals surface area contributed by atoms with Gasteiger partial charge < -0.3 is 0 Å². The highest BCUT2D eigenvalue weighted by Crippen LogP contribution is 1.99. The van der Waals surface area contributed by atoms with E-state index in [4.69, 9.17) is 0 Å². The zero-order chi connectivity index (χ0) is 6.69. The summed E-state index contributed by atoms with van der Waals surface area (Å²) >= 11 is 0. The van der Waals surface area contributed by atoms with Gasteiger partial charge in [-0.25, -0.2) is 0 Å². The van der Waals surface area contributed by atoms with Gasteiger partial charge in [0.25, 0.3) is 0 Å². The SMILES string of the molecule is CC(=O)N1C[C+]=CCC1. The molecule has 48 valence electrons. The van der Waals surface area contributed by atoms with E-state index < -0.39 is 0 Å². The molecule has 0 N–H and O–H groups in total. The first-order valence-corrected chi connectivity index (χ1v) is 3.11. The molecule has 0 spiro atoms. The second kappa shape index (κ2) is 2.60. The van der Waals surface area contributed by atoms with Gasteiger partial charge in [0.2, 0.25) is 18.5 Å². The van der Waals surface area contributed by atoms with E-state index in [2.05, 4.69) is 6.08 Å². The first-order valence-electron chi connectivity index (χ1n) is 3.11. The molecule has 0 saturated carbocycles. The van der Waals surface area contributed by atoms with Crippen molar-refractivity contribution in [2.45, 2.75) is 13.3 Å². The van der Waals surface area contributed by atoms with Crippen molar-refractivity contribution >= 4 is 5.91 Å². The van der Waals surface area contributed by atoms with Gasteiger partial charge in [0.1, 0.15) is 0 Å². The Balaban J connectivity index is 2.44. The molecule has 0 radical (unpaired) electrons. The van der Waals surface area contributed by atoms with E-state index in [1.807, 2.05) is 6.08 Å². The minimum absolute atomic E-state index is 0.149. The number of rotatable bonds is 0. The quantitative estimate of drug-likeness (QED) is 0.433. The van der Waals surface area contributed by atoms with Gasteiger partial charge in [-0.05, 0) is 0 Å². The monoisotopic (exact) mass is 124 g/mol. The lowest BCUT2D eigenvalue weighted by atomic mass is 10.2. The van der Waals surface area contributed by atoms with E-state index in [1.165, 1.54) is 0 Å². The minimum Gasteiger partial charge on any atom is -0.295 e. The average molecular weight is 124 g/mol. The second-order valence-electron chi connectivity index (χ2n) is 2.14. The van der Waals surface area contributed by atoms with Crippen LogP contribution in [0.4, 0.5) is 0 Å². The fourth-order valence-electron chi connectivity index (χ4n) is 0.845. The third-order valence-electron chi connectivity index (χ3n) is 1.42. The molecule has 2 nitrogen and oxygen atoms in total. The van der Waals surface area contributed by atoms with Crippen LogP contribution < -0.4 is 0 Å². The molecule has 0 aliphatic carbocycles. The van der Waals surface area contributed by atoms with E-state index in [9.17, 15) is 4.79 Å². The molecule has 0 aromatic rings. The first-order chi connectivity index (χ1) is 4.30. The molecular weight excluding hydrogens is 114 g/mol. The Morgan fingerprint density at radius 3 is 2.89 bits per heavy atom. The Kier molecular flexibility index (Phi) is 1.81. The predicted molar refractivity (Wildman–Crippen MR) is 34.7 cm³/mol. The lowest BCUT2D eigenvalue weighted by Gasteiger charge is -2.13. The van der Waals surface area contributed by atoms with Crippen molar-refractivity contribution in [1.82, 2.24) is 4.90 Å². The molecule has 0 bridgehead atoms. The summed E-state index contributed by atoms with van der Waals surface area (Å²) in [4.78, 5) is 12.4. The number of carbonyl (C=O) groups excluding carboxylic acids is 1. The summed E-state index contributed by atoms with van der Waals surface area (Å²) in [6, 6.07) is 0. The summed E-state index contributed by atoms with van der Waals surface area (Å²) in [5, 5.41) is 0. The van der Waals surface area contributed by atoms with E-state index >= 15 is 0 Å². The molecule has 1 heterocycles. The Morgan fingerprint density at radius 1 is 1.78 bits per heavy atom. The van der Waals surface area contributed by atoms with Gasteiger partial charge in [0, 0.05) is 19.9 Å². The van der Waals surface area contributed by atoms with Gasteiger partial charge in [-0.1, -0.05) is 0 Å². The summed E-state index contributed by atoms with van der Waals surface area (Å²) in [6.45, 7) is 3.13. The Bertz CT molecular complexity index is 140. The van der Waals surface area contributed by atoms with Crippen LogP contribution in [-0.4, -0.2) is 23.9 Å². The molecule has 1 aliphatic heterocycles. The highest BCUT2D eigenvalue weighted by Gasteiger charge is 2.15. The van der Waals surface area contributed by atoms with E-state index in [-0.39, 0.29) is 5.91 Å². The van der Waals surface area contributed by atoms with Gasteiger partial charge in [0.05, 0.1) is 0 Å². The van der Waals surface area contributed by atoms with Crippen LogP contribution in [0.25, 0.3) is 0 Å². The Labute approximate surface area is 55.2 Å². The highest BCUT2D eigenvalue weighted by atomic mass is 16.2. The van der Waals surface area contributed by atoms with E-state index in [1.54, 1.807) is 11.8 Å². The van der Waals surface area contributed by atoms with E-state index in [0.29, 0.717) is 6.54 Å². The lowest BCUT2D eigenvalue weighted by molar-refractivity contribution is -0.128. The third-order valence-corrected chi connectivity index (χ3v) is 1.42. The van der Waals surface area contributed by atoms with Crippen molar-refractivity contribution in [3.63, 3.8) is 0 Å². The van der Waals surface area contributed by atoms with E-state index in [0.717, 1.165) is 13.0 Å². The van der Waals surface area contributed by atoms with Gasteiger partial charge in [-0.2, -0.15) is 0 Å². The van der Waals surface area contributed by atoms with Crippen LogP contribution in [0.3, 0.4) is 0 Å². The van der Waals surface area contributed by atoms with Crippen molar-refractivity contribution < 1.29 is 4.79 Å². The summed E-state index contributed by atoms with van der Waals surface area (Å²) in [5.41, 5.74) is 0. The maximum absolute atomic E-state index is 10.7.